The van der Waals surface area contributed by atoms with Gasteiger partial charge in [-0.2, -0.15) is 14.0 Å². The van der Waals surface area contributed by atoms with Crippen LogP contribution in [0.3, 0.4) is 0 Å². The molecule has 0 spiro atoms. The van der Waals surface area contributed by atoms with Crippen molar-refractivity contribution in [1.82, 2.24) is 0 Å². The van der Waals surface area contributed by atoms with E-state index in [1.54, 1.807) is 24.3 Å². The molecule has 0 atom stereocenters. The first-order chi connectivity index (χ1) is 11.5. The van der Waals surface area contributed by atoms with Gasteiger partial charge in [-0.3, -0.25) is 4.79 Å². The predicted molar refractivity (Wildman–Crippen MR) is 84.0 cm³/mol. The lowest BCUT2D eigenvalue weighted by Crippen LogP contribution is -2.02. The van der Waals surface area contributed by atoms with Crippen LogP contribution in [0, 0.1) is 11.3 Å². The molecule has 122 valence electrons. The number of rotatable bonds is 6. The van der Waals surface area contributed by atoms with E-state index in [1.807, 2.05) is 6.07 Å². The number of carbonyl (C=O) groups is 1. The van der Waals surface area contributed by atoms with E-state index < -0.39 is 12.4 Å². The molecule has 0 aromatic heterocycles. The van der Waals surface area contributed by atoms with Gasteiger partial charge in [-0.1, -0.05) is 12.1 Å². The normalized spacial score (nSPS) is 11.0. The Kier molecular flexibility index (Phi) is 5.63. The van der Waals surface area contributed by atoms with Crippen molar-refractivity contribution in [3.63, 3.8) is 0 Å². The zero-order chi connectivity index (χ0) is 17.5. The lowest BCUT2D eigenvalue weighted by atomic mass is 10.0. The second-order valence-corrected chi connectivity index (χ2v) is 4.67. The molecule has 2 aromatic rings. The van der Waals surface area contributed by atoms with E-state index in [0.29, 0.717) is 16.9 Å². The molecule has 24 heavy (non-hydrogen) atoms. The van der Waals surface area contributed by atoms with Crippen LogP contribution in [0.5, 0.6) is 11.5 Å². The van der Waals surface area contributed by atoms with Gasteiger partial charge in [0.1, 0.15) is 23.1 Å². The summed E-state index contributed by atoms with van der Waals surface area (Å²) in [6.07, 6.45) is 1.39. The molecule has 0 fully saturated rings. The second kappa shape index (κ2) is 7.88. The van der Waals surface area contributed by atoms with E-state index in [1.165, 1.54) is 37.5 Å². The summed E-state index contributed by atoms with van der Waals surface area (Å²) >= 11 is 0. The molecule has 0 saturated carbocycles. The molecule has 2 aromatic carbocycles. The van der Waals surface area contributed by atoms with Gasteiger partial charge < -0.3 is 9.47 Å². The topological polar surface area (TPSA) is 59.3 Å². The van der Waals surface area contributed by atoms with E-state index in [9.17, 15) is 18.8 Å². The highest BCUT2D eigenvalue weighted by Crippen LogP contribution is 2.19. The minimum atomic E-state index is -2.90. The van der Waals surface area contributed by atoms with Crippen molar-refractivity contribution in [3.05, 3.63) is 65.2 Å². The van der Waals surface area contributed by atoms with Crippen LogP contribution in [-0.2, 0) is 0 Å². The molecule has 0 aliphatic carbocycles. The number of allylic oxidation sites excluding steroid dienone is 1. The average molecular weight is 329 g/mol. The Hall–Kier alpha value is -3.20. The summed E-state index contributed by atoms with van der Waals surface area (Å²) in [6, 6.07) is 13.9. The van der Waals surface area contributed by atoms with Gasteiger partial charge in [-0.15, -0.1) is 0 Å². The number of halogens is 2. The van der Waals surface area contributed by atoms with Crippen molar-refractivity contribution in [2.45, 2.75) is 6.61 Å². The third-order valence-corrected chi connectivity index (χ3v) is 3.13. The summed E-state index contributed by atoms with van der Waals surface area (Å²) in [6.45, 7) is -2.90. The molecule has 0 N–H and O–H groups in total. The number of nitrogens with zero attached hydrogens (tertiary/aromatic N) is 1. The molecule has 0 unspecified atom stereocenters. The Morgan fingerprint density at radius 2 is 1.67 bits per heavy atom. The highest BCUT2D eigenvalue weighted by Gasteiger charge is 2.12. The van der Waals surface area contributed by atoms with Crippen LogP contribution in [0.25, 0.3) is 6.08 Å². The van der Waals surface area contributed by atoms with Gasteiger partial charge in [0.2, 0.25) is 5.78 Å². The zero-order valence-electron chi connectivity index (χ0n) is 12.7. The quantitative estimate of drug-likeness (QED) is 0.455. The van der Waals surface area contributed by atoms with E-state index in [2.05, 4.69) is 4.74 Å². The first kappa shape index (κ1) is 17.2. The van der Waals surface area contributed by atoms with Crippen LogP contribution < -0.4 is 9.47 Å². The molecule has 0 saturated heterocycles. The van der Waals surface area contributed by atoms with Gasteiger partial charge >= 0.3 is 6.61 Å². The second-order valence-electron chi connectivity index (χ2n) is 4.67. The predicted octanol–water partition coefficient (Wildman–Crippen LogP) is 4.09. The summed E-state index contributed by atoms with van der Waals surface area (Å²) in [5.74, 6) is 0.166. The number of hydrogen-bond acceptors (Lipinski definition) is 4. The SMILES string of the molecule is COc1ccc(C(=O)C(C#N)=Cc2ccc(OC(F)F)cc2)cc1. The molecule has 0 amide bonds. The Morgan fingerprint density at radius 1 is 1.08 bits per heavy atom. The number of benzene rings is 2. The van der Waals surface area contributed by atoms with Crippen molar-refractivity contribution in [2.75, 3.05) is 7.11 Å². The number of carbonyl (C=O) groups excluding carboxylic acids is 1. The molecule has 0 aliphatic heterocycles. The fraction of sp³-hybridized carbons (Fsp3) is 0.111. The van der Waals surface area contributed by atoms with Crippen molar-refractivity contribution in [2.24, 2.45) is 0 Å². The lowest BCUT2D eigenvalue weighted by Gasteiger charge is -2.05. The van der Waals surface area contributed by atoms with Crippen molar-refractivity contribution in [1.29, 1.82) is 5.26 Å². The maximum Gasteiger partial charge on any atom is 0.387 e. The first-order valence-electron chi connectivity index (χ1n) is 6.89. The fourth-order valence-electron chi connectivity index (χ4n) is 1.96. The third-order valence-electron chi connectivity index (χ3n) is 3.13. The van der Waals surface area contributed by atoms with Crippen molar-refractivity contribution in [3.8, 4) is 17.6 Å². The van der Waals surface area contributed by atoms with Crippen LogP contribution >= 0.6 is 0 Å². The molecular weight excluding hydrogens is 316 g/mol. The highest BCUT2D eigenvalue weighted by molar-refractivity contribution is 6.14. The van der Waals surface area contributed by atoms with Crippen molar-refractivity contribution < 1.29 is 23.0 Å². The molecule has 0 heterocycles. The van der Waals surface area contributed by atoms with E-state index in [0.717, 1.165) is 0 Å². The third kappa shape index (κ3) is 4.40. The highest BCUT2D eigenvalue weighted by atomic mass is 19.3. The molecule has 4 nitrogen and oxygen atoms in total. The smallest absolute Gasteiger partial charge is 0.387 e. The van der Waals surface area contributed by atoms with Crippen LogP contribution in [0.4, 0.5) is 8.78 Å². The fourth-order valence-corrected chi connectivity index (χ4v) is 1.96. The van der Waals surface area contributed by atoms with E-state index in [-0.39, 0.29) is 11.3 Å². The van der Waals surface area contributed by atoms with Crippen molar-refractivity contribution >= 4 is 11.9 Å². The monoisotopic (exact) mass is 329 g/mol. The van der Waals surface area contributed by atoms with Gasteiger partial charge in [0, 0.05) is 5.56 Å². The summed E-state index contributed by atoms with van der Waals surface area (Å²) < 4.78 is 33.5. The number of Topliss-reactive ketones (excluding diaryl/α,β-unsaturated/α-hetero) is 1. The summed E-state index contributed by atoms with van der Waals surface area (Å²) in [4.78, 5) is 12.3. The number of ketones is 1. The van der Waals surface area contributed by atoms with Gasteiger partial charge in [0.15, 0.2) is 0 Å². The van der Waals surface area contributed by atoms with Crippen LogP contribution in [0.1, 0.15) is 15.9 Å². The summed E-state index contributed by atoms with van der Waals surface area (Å²) in [5, 5.41) is 9.21. The Bertz CT molecular complexity index is 775. The summed E-state index contributed by atoms with van der Waals surface area (Å²) in [7, 11) is 1.51. The standard InChI is InChI=1S/C18H13F2NO3/c1-23-15-8-4-13(5-9-15)17(22)14(11-21)10-12-2-6-16(7-3-12)24-18(19)20/h2-10,18H,1H3. The van der Waals surface area contributed by atoms with E-state index >= 15 is 0 Å². The maximum absolute atomic E-state index is 12.3. The number of nitriles is 1. The summed E-state index contributed by atoms with van der Waals surface area (Å²) in [5.41, 5.74) is 0.805. The van der Waals surface area contributed by atoms with Gasteiger partial charge in [-0.25, -0.2) is 0 Å². The molecule has 2 rings (SSSR count). The van der Waals surface area contributed by atoms with Crippen LogP contribution in [-0.4, -0.2) is 19.5 Å². The molecule has 0 aliphatic rings. The Balaban J connectivity index is 2.21. The molecule has 0 radical (unpaired) electrons. The average Bonchev–Trinajstić information content (AvgIpc) is 2.60. The molecule has 0 bridgehead atoms. The number of hydrogen-bond donors (Lipinski definition) is 0. The number of ether oxygens (including phenoxy) is 2. The van der Waals surface area contributed by atoms with Gasteiger partial charge in [0.05, 0.1) is 7.11 Å². The Labute approximate surface area is 137 Å². The van der Waals surface area contributed by atoms with Gasteiger partial charge in [0.25, 0.3) is 0 Å². The Morgan fingerprint density at radius 3 is 2.17 bits per heavy atom. The number of methoxy groups -OCH3 is 1. The minimum absolute atomic E-state index is 0.00198. The zero-order valence-corrected chi connectivity index (χ0v) is 12.7. The number of alkyl halides is 2. The van der Waals surface area contributed by atoms with E-state index in [4.69, 9.17) is 4.74 Å². The van der Waals surface area contributed by atoms with Gasteiger partial charge in [-0.05, 0) is 48.0 Å². The van der Waals surface area contributed by atoms with Crippen LogP contribution in [0.2, 0.25) is 0 Å². The maximum atomic E-state index is 12.3. The molecular formula is C18H13F2NO3. The largest absolute Gasteiger partial charge is 0.497 e. The first-order valence-corrected chi connectivity index (χ1v) is 6.89. The van der Waals surface area contributed by atoms with Crippen LogP contribution in [0.15, 0.2) is 54.1 Å². The lowest BCUT2D eigenvalue weighted by molar-refractivity contribution is -0.0498. The molecule has 6 heteroatoms. The minimum Gasteiger partial charge on any atom is -0.497 e.